The van der Waals surface area contributed by atoms with Crippen LogP contribution in [0, 0.1) is 0 Å². The summed E-state index contributed by atoms with van der Waals surface area (Å²) >= 11 is 0. The first-order valence-electron chi connectivity index (χ1n) is 22.7. The molecule has 1 N–H and O–H groups in total. The van der Waals surface area contributed by atoms with Crippen LogP contribution in [0.15, 0.2) is 12.2 Å². The Bertz CT molecular complexity index is 735. The molecule has 0 saturated carbocycles. The van der Waals surface area contributed by atoms with Gasteiger partial charge in [0, 0.05) is 12.8 Å². The van der Waals surface area contributed by atoms with Crippen LogP contribution < -0.4 is 0 Å². The van der Waals surface area contributed by atoms with E-state index in [1.165, 1.54) is 186 Å². The van der Waals surface area contributed by atoms with E-state index in [2.05, 4.69) is 26.0 Å². The van der Waals surface area contributed by atoms with Crippen LogP contribution in [-0.4, -0.2) is 36.4 Å². The molecule has 0 radical (unpaired) electrons. The molecule has 0 saturated heterocycles. The quantitative estimate of drug-likeness (QED) is 0.0386. The molecule has 0 aliphatic rings. The van der Waals surface area contributed by atoms with Crippen LogP contribution in [0.25, 0.3) is 0 Å². The Balaban J connectivity index is 3.42. The minimum atomic E-state index is -0.769. The second-order valence-corrected chi connectivity index (χ2v) is 15.5. The summed E-state index contributed by atoms with van der Waals surface area (Å²) < 4.78 is 10.6. The highest BCUT2D eigenvalue weighted by Crippen LogP contribution is 2.16. The lowest BCUT2D eigenvalue weighted by Crippen LogP contribution is -2.28. The van der Waals surface area contributed by atoms with Crippen LogP contribution in [0.4, 0.5) is 0 Å². The van der Waals surface area contributed by atoms with Gasteiger partial charge in [-0.3, -0.25) is 9.59 Å². The summed E-state index contributed by atoms with van der Waals surface area (Å²) in [6.45, 7) is 4.13. The Hall–Kier alpha value is -1.36. The van der Waals surface area contributed by atoms with E-state index in [1.54, 1.807) is 0 Å². The van der Waals surface area contributed by atoms with Gasteiger partial charge in [-0.15, -0.1) is 0 Å². The third kappa shape index (κ3) is 41.3. The zero-order valence-corrected chi connectivity index (χ0v) is 34.4. The number of aliphatic hydroxyl groups excluding tert-OH is 1. The highest BCUT2D eigenvalue weighted by molar-refractivity contribution is 5.70. The second-order valence-electron chi connectivity index (χ2n) is 15.5. The first kappa shape index (κ1) is 49.6. The van der Waals surface area contributed by atoms with Crippen molar-refractivity contribution < 1.29 is 24.2 Å². The standard InChI is InChI=1S/C46H88O5/c1-3-5-7-9-11-13-15-17-18-19-20-21-22-23-24-25-26-27-28-29-31-32-34-36-38-40-45(48)50-43-44(42-47)51-46(49)41-39-37-35-33-30-16-14-12-10-8-6-4-2/h12,14,44,47H,3-11,13,15-43H2,1-2H3/b14-12-. The van der Waals surface area contributed by atoms with Gasteiger partial charge in [-0.25, -0.2) is 0 Å². The van der Waals surface area contributed by atoms with Gasteiger partial charge in [0.2, 0.25) is 0 Å². The molecule has 51 heavy (non-hydrogen) atoms. The molecule has 0 fully saturated rings. The van der Waals surface area contributed by atoms with Crippen molar-refractivity contribution in [1.29, 1.82) is 0 Å². The summed E-state index contributed by atoms with van der Waals surface area (Å²) in [5.41, 5.74) is 0. The van der Waals surface area contributed by atoms with Gasteiger partial charge in [-0.05, 0) is 38.5 Å². The minimum Gasteiger partial charge on any atom is -0.462 e. The lowest BCUT2D eigenvalue weighted by molar-refractivity contribution is -0.161. The summed E-state index contributed by atoms with van der Waals surface area (Å²) in [5.74, 6) is -0.588. The van der Waals surface area contributed by atoms with E-state index in [4.69, 9.17) is 9.47 Å². The van der Waals surface area contributed by atoms with Crippen molar-refractivity contribution in [2.75, 3.05) is 13.2 Å². The summed E-state index contributed by atoms with van der Waals surface area (Å²) in [6.07, 6.45) is 50.2. The van der Waals surface area contributed by atoms with Crippen molar-refractivity contribution in [1.82, 2.24) is 0 Å². The third-order valence-corrected chi connectivity index (χ3v) is 10.3. The number of hydrogen-bond donors (Lipinski definition) is 1. The zero-order chi connectivity index (χ0) is 37.1. The molecule has 0 heterocycles. The molecule has 0 aromatic carbocycles. The molecule has 0 aromatic heterocycles. The van der Waals surface area contributed by atoms with Crippen LogP contribution in [0.2, 0.25) is 0 Å². The molecule has 0 aromatic rings. The molecule has 0 aliphatic heterocycles. The van der Waals surface area contributed by atoms with Crippen molar-refractivity contribution in [3.63, 3.8) is 0 Å². The number of allylic oxidation sites excluding steroid dienone is 2. The summed E-state index contributed by atoms with van der Waals surface area (Å²) in [5, 5.41) is 9.56. The predicted octanol–water partition coefficient (Wildman–Crippen LogP) is 14.5. The first-order chi connectivity index (χ1) is 25.1. The maximum absolute atomic E-state index is 12.2. The third-order valence-electron chi connectivity index (χ3n) is 10.3. The van der Waals surface area contributed by atoms with Gasteiger partial charge >= 0.3 is 11.9 Å². The van der Waals surface area contributed by atoms with Gasteiger partial charge in [0.25, 0.3) is 0 Å². The average Bonchev–Trinajstić information content (AvgIpc) is 3.13. The molecular formula is C46H88O5. The Kier molecular flexibility index (Phi) is 41.9. The number of ether oxygens (including phenoxy) is 2. The average molecular weight is 721 g/mol. The highest BCUT2D eigenvalue weighted by Gasteiger charge is 2.16. The number of unbranched alkanes of at least 4 members (excludes halogenated alkanes) is 32. The van der Waals surface area contributed by atoms with Gasteiger partial charge < -0.3 is 14.6 Å². The SMILES string of the molecule is CCCCC/C=C\CCCCCCCC(=O)OC(CO)COC(=O)CCCCCCCCCCCCCCCCCCCCCCCCCCC. The van der Waals surface area contributed by atoms with E-state index in [-0.39, 0.29) is 25.2 Å². The molecule has 0 bridgehead atoms. The number of carbonyl (C=O) groups excluding carboxylic acids is 2. The fourth-order valence-electron chi connectivity index (χ4n) is 6.85. The van der Waals surface area contributed by atoms with Gasteiger partial charge in [-0.2, -0.15) is 0 Å². The van der Waals surface area contributed by atoms with Crippen molar-refractivity contribution in [3.8, 4) is 0 Å². The fraction of sp³-hybridized carbons (Fsp3) is 0.913. The van der Waals surface area contributed by atoms with Crippen LogP contribution in [0.1, 0.15) is 251 Å². The minimum absolute atomic E-state index is 0.0630. The summed E-state index contributed by atoms with van der Waals surface area (Å²) in [4.78, 5) is 24.3. The van der Waals surface area contributed by atoms with Crippen LogP contribution in [0.3, 0.4) is 0 Å². The maximum atomic E-state index is 12.2. The van der Waals surface area contributed by atoms with Crippen molar-refractivity contribution in [2.45, 2.75) is 258 Å². The van der Waals surface area contributed by atoms with Crippen LogP contribution in [0.5, 0.6) is 0 Å². The number of carbonyl (C=O) groups is 2. The Morgan fingerprint density at radius 3 is 1.10 bits per heavy atom. The van der Waals surface area contributed by atoms with Crippen molar-refractivity contribution in [2.24, 2.45) is 0 Å². The van der Waals surface area contributed by atoms with Gasteiger partial charge in [0.15, 0.2) is 6.10 Å². The van der Waals surface area contributed by atoms with E-state index < -0.39 is 6.10 Å². The smallest absolute Gasteiger partial charge is 0.306 e. The zero-order valence-electron chi connectivity index (χ0n) is 34.4. The Morgan fingerprint density at radius 1 is 0.431 bits per heavy atom. The maximum Gasteiger partial charge on any atom is 0.306 e. The molecule has 1 unspecified atom stereocenters. The van der Waals surface area contributed by atoms with E-state index in [9.17, 15) is 14.7 Å². The predicted molar refractivity (Wildman–Crippen MR) is 219 cm³/mol. The topological polar surface area (TPSA) is 72.8 Å². The first-order valence-corrected chi connectivity index (χ1v) is 22.7. The second kappa shape index (κ2) is 43.0. The van der Waals surface area contributed by atoms with E-state index in [1.807, 2.05) is 0 Å². The van der Waals surface area contributed by atoms with Crippen molar-refractivity contribution in [3.05, 3.63) is 12.2 Å². The van der Waals surface area contributed by atoms with Crippen LogP contribution in [-0.2, 0) is 19.1 Å². The van der Waals surface area contributed by atoms with Crippen LogP contribution >= 0.6 is 0 Å². The molecule has 1 atom stereocenters. The molecule has 5 heteroatoms. The monoisotopic (exact) mass is 721 g/mol. The number of hydrogen-bond acceptors (Lipinski definition) is 5. The number of aliphatic hydroxyl groups is 1. The fourth-order valence-corrected chi connectivity index (χ4v) is 6.85. The normalized spacial score (nSPS) is 12.1. The summed E-state index contributed by atoms with van der Waals surface area (Å²) in [7, 11) is 0. The molecule has 0 spiro atoms. The lowest BCUT2D eigenvalue weighted by Gasteiger charge is -2.15. The molecule has 5 nitrogen and oxygen atoms in total. The lowest BCUT2D eigenvalue weighted by atomic mass is 10.0. The van der Waals surface area contributed by atoms with Gasteiger partial charge in [0.1, 0.15) is 6.61 Å². The number of rotatable bonds is 42. The Morgan fingerprint density at radius 2 is 0.725 bits per heavy atom. The van der Waals surface area contributed by atoms with E-state index >= 15 is 0 Å². The van der Waals surface area contributed by atoms with Gasteiger partial charge in [0.05, 0.1) is 6.61 Å². The van der Waals surface area contributed by atoms with E-state index in [0.29, 0.717) is 12.8 Å². The molecule has 0 aliphatic carbocycles. The van der Waals surface area contributed by atoms with E-state index in [0.717, 1.165) is 38.5 Å². The summed E-state index contributed by atoms with van der Waals surface area (Å²) in [6, 6.07) is 0. The molecular weight excluding hydrogens is 633 g/mol. The van der Waals surface area contributed by atoms with Gasteiger partial charge in [-0.1, -0.05) is 212 Å². The van der Waals surface area contributed by atoms with Crippen molar-refractivity contribution >= 4 is 11.9 Å². The largest absolute Gasteiger partial charge is 0.462 e. The Labute approximate surface area is 318 Å². The number of esters is 2. The molecule has 0 amide bonds. The molecule has 0 rings (SSSR count). The molecule has 302 valence electrons. The highest BCUT2D eigenvalue weighted by atomic mass is 16.6.